The number of ether oxygens (including phenoxy) is 1. The van der Waals surface area contributed by atoms with Crippen molar-refractivity contribution in [1.82, 2.24) is 0 Å². The number of halogens is 1. The normalized spacial score (nSPS) is 11.1. The minimum absolute atomic E-state index is 0.298. The predicted molar refractivity (Wildman–Crippen MR) is 53.8 cm³/mol. The topological polar surface area (TPSA) is 26.3 Å². The summed E-state index contributed by atoms with van der Waals surface area (Å²) < 4.78 is 17.9. The Morgan fingerprint density at radius 3 is 2.46 bits per heavy atom. The average Bonchev–Trinajstić information content (AvgIpc) is 1.95. The second-order valence-corrected chi connectivity index (χ2v) is 7.68. The lowest BCUT2D eigenvalue weighted by Crippen LogP contribution is -2.18. The first kappa shape index (κ1) is 12.4. The Morgan fingerprint density at radius 1 is 1.54 bits per heavy atom. The Morgan fingerprint density at radius 2 is 2.08 bits per heavy atom. The van der Waals surface area contributed by atoms with Gasteiger partial charge in [-0.15, -0.1) is 0 Å². The van der Waals surface area contributed by atoms with Gasteiger partial charge in [0.05, 0.1) is 6.61 Å². The fourth-order valence-electron chi connectivity index (χ4n) is 0.781. The van der Waals surface area contributed by atoms with E-state index in [1.54, 1.807) is 20.0 Å². The molecule has 76 valence electrons. The number of esters is 1. The van der Waals surface area contributed by atoms with Crippen LogP contribution in [0.15, 0.2) is 12.2 Å². The highest BCUT2D eigenvalue weighted by atomic mass is 28.4. The quantitative estimate of drug-likeness (QED) is 0.226. The van der Waals surface area contributed by atoms with Crippen molar-refractivity contribution in [1.29, 1.82) is 0 Å². The molecular weight excluding hydrogens is 187 g/mol. The molecule has 0 aromatic heterocycles. The minimum atomic E-state index is -2.47. The van der Waals surface area contributed by atoms with Gasteiger partial charge in [0.15, 0.2) is 0 Å². The van der Waals surface area contributed by atoms with E-state index in [0.29, 0.717) is 24.6 Å². The lowest BCUT2D eigenvalue weighted by molar-refractivity contribution is -0.138. The van der Waals surface area contributed by atoms with E-state index in [-0.39, 0.29) is 0 Å². The first-order valence-electron chi connectivity index (χ1n) is 4.34. The van der Waals surface area contributed by atoms with Gasteiger partial charge in [0.1, 0.15) is 0 Å². The zero-order chi connectivity index (χ0) is 10.5. The summed E-state index contributed by atoms with van der Waals surface area (Å²) in [5, 5.41) is 0. The summed E-state index contributed by atoms with van der Waals surface area (Å²) in [5.41, 5.74) is 0.386. The van der Waals surface area contributed by atoms with Crippen molar-refractivity contribution in [3.8, 4) is 0 Å². The number of carbonyl (C=O) groups is 1. The molecule has 0 fully saturated rings. The van der Waals surface area contributed by atoms with Crippen molar-refractivity contribution >= 4 is 14.4 Å². The van der Waals surface area contributed by atoms with Gasteiger partial charge in [-0.25, -0.2) is 4.79 Å². The Labute approximate surface area is 80.0 Å². The summed E-state index contributed by atoms with van der Waals surface area (Å²) in [7, 11) is -2.47. The van der Waals surface area contributed by atoms with Crippen LogP contribution in [0.2, 0.25) is 19.1 Å². The molecule has 0 saturated heterocycles. The highest BCUT2D eigenvalue weighted by molar-refractivity contribution is 6.70. The molecule has 2 nitrogen and oxygen atoms in total. The highest BCUT2D eigenvalue weighted by Gasteiger charge is 2.19. The second-order valence-electron chi connectivity index (χ2n) is 3.74. The molecule has 0 spiro atoms. The average molecular weight is 204 g/mol. The number of hydrogen-bond acceptors (Lipinski definition) is 2. The molecular formula is C9H17FO2Si. The van der Waals surface area contributed by atoms with E-state index in [1.165, 1.54) is 0 Å². The van der Waals surface area contributed by atoms with Crippen LogP contribution in [0, 0.1) is 0 Å². The van der Waals surface area contributed by atoms with Crippen molar-refractivity contribution in [2.24, 2.45) is 0 Å². The molecule has 0 N–H and O–H groups in total. The molecule has 13 heavy (non-hydrogen) atoms. The molecule has 0 bridgehead atoms. The first-order valence-corrected chi connectivity index (χ1v) is 7.43. The lowest BCUT2D eigenvalue weighted by atomic mass is 10.4. The van der Waals surface area contributed by atoms with Crippen LogP contribution in [0.25, 0.3) is 0 Å². The molecule has 0 aliphatic rings. The van der Waals surface area contributed by atoms with Crippen LogP contribution in [0.4, 0.5) is 4.11 Å². The SMILES string of the molecule is C=C(C)C(=O)OCCC[Si](C)(C)F. The van der Waals surface area contributed by atoms with E-state index in [2.05, 4.69) is 6.58 Å². The zero-order valence-electron chi connectivity index (χ0n) is 8.52. The van der Waals surface area contributed by atoms with E-state index in [9.17, 15) is 8.90 Å². The summed E-state index contributed by atoms with van der Waals surface area (Å²) in [6.45, 7) is 8.63. The molecule has 0 amide bonds. The van der Waals surface area contributed by atoms with Gasteiger partial charge < -0.3 is 8.84 Å². The number of rotatable bonds is 5. The van der Waals surface area contributed by atoms with Crippen LogP contribution in [0.1, 0.15) is 13.3 Å². The first-order chi connectivity index (χ1) is 5.83. The van der Waals surface area contributed by atoms with Gasteiger partial charge >= 0.3 is 5.97 Å². The minimum Gasteiger partial charge on any atom is -0.462 e. The largest absolute Gasteiger partial charge is 0.462 e. The van der Waals surface area contributed by atoms with Crippen molar-refractivity contribution < 1.29 is 13.6 Å². The van der Waals surface area contributed by atoms with Crippen molar-refractivity contribution in [3.05, 3.63) is 12.2 Å². The van der Waals surface area contributed by atoms with Crippen molar-refractivity contribution in [2.45, 2.75) is 32.5 Å². The van der Waals surface area contributed by atoms with Crippen molar-refractivity contribution in [2.75, 3.05) is 6.61 Å². The van der Waals surface area contributed by atoms with Gasteiger partial charge in [0, 0.05) is 5.57 Å². The predicted octanol–water partition coefficient (Wildman–Crippen LogP) is 2.67. The molecule has 0 radical (unpaired) electrons. The molecule has 4 heteroatoms. The molecule has 0 rings (SSSR count). The third-order valence-corrected chi connectivity index (χ3v) is 3.04. The van der Waals surface area contributed by atoms with E-state index < -0.39 is 14.4 Å². The van der Waals surface area contributed by atoms with Crippen LogP contribution >= 0.6 is 0 Å². The monoisotopic (exact) mass is 204 g/mol. The van der Waals surface area contributed by atoms with Gasteiger partial charge in [0.25, 0.3) is 0 Å². The maximum absolute atomic E-state index is 13.1. The Bertz CT molecular complexity index is 196. The third kappa shape index (κ3) is 7.71. The molecule has 0 atom stereocenters. The molecule has 0 aliphatic heterocycles. The summed E-state index contributed by atoms with van der Waals surface area (Å²) >= 11 is 0. The maximum atomic E-state index is 13.1. The van der Waals surface area contributed by atoms with Crippen LogP contribution in [0.3, 0.4) is 0 Å². The van der Waals surface area contributed by atoms with Crippen LogP contribution in [-0.4, -0.2) is 21.0 Å². The van der Waals surface area contributed by atoms with Crippen molar-refractivity contribution in [3.63, 3.8) is 0 Å². The van der Waals surface area contributed by atoms with Gasteiger partial charge in [-0.3, -0.25) is 0 Å². The Hall–Kier alpha value is -0.643. The van der Waals surface area contributed by atoms with Crippen LogP contribution in [-0.2, 0) is 9.53 Å². The molecule has 0 heterocycles. The van der Waals surface area contributed by atoms with E-state index >= 15 is 0 Å². The molecule has 0 saturated carbocycles. The van der Waals surface area contributed by atoms with E-state index in [0.717, 1.165) is 0 Å². The van der Waals surface area contributed by atoms with E-state index in [1.807, 2.05) is 0 Å². The van der Waals surface area contributed by atoms with Crippen LogP contribution in [0.5, 0.6) is 0 Å². The Balaban J connectivity index is 3.47. The standard InChI is InChI=1S/C9H17FO2Si/c1-8(2)9(11)12-6-5-7-13(3,4)10/h1,5-7H2,2-4H3. The molecule has 0 unspecified atom stereocenters. The highest BCUT2D eigenvalue weighted by Crippen LogP contribution is 2.12. The summed E-state index contributed by atoms with van der Waals surface area (Å²) in [6, 6.07) is 0.538. The molecule has 0 aromatic rings. The van der Waals surface area contributed by atoms with Crippen LogP contribution < -0.4 is 0 Å². The smallest absolute Gasteiger partial charge is 0.333 e. The number of hydrogen-bond donors (Lipinski definition) is 0. The zero-order valence-corrected chi connectivity index (χ0v) is 9.52. The van der Waals surface area contributed by atoms with Gasteiger partial charge in [-0.05, 0) is 32.5 Å². The second kappa shape index (κ2) is 5.17. The van der Waals surface area contributed by atoms with Gasteiger partial charge in [-0.2, -0.15) is 0 Å². The lowest BCUT2D eigenvalue weighted by Gasteiger charge is -2.10. The third-order valence-electron chi connectivity index (χ3n) is 1.50. The Kier molecular flexibility index (Phi) is 4.91. The molecule has 0 aliphatic carbocycles. The van der Waals surface area contributed by atoms with Gasteiger partial charge in [-0.1, -0.05) is 6.58 Å². The van der Waals surface area contributed by atoms with Gasteiger partial charge in [0.2, 0.25) is 8.41 Å². The molecule has 0 aromatic carbocycles. The fraction of sp³-hybridized carbons (Fsp3) is 0.667. The summed E-state index contributed by atoms with van der Waals surface area (Å²) in [4.78, 5) is 10.9. The maximum Gasteiger partial charge on any atom is 0.333 e. The fourth-order valence-corrected chi connectivity index (χ4v) is 1.77. The summed E-state index contributed by atoms with van der Waals surface area (Å²) in [5.74, 6) is -0.390. The summed E-state index contributed by atoms with van der Waals surface area (Å²) in [6.07, 6.45) is 0.606. The van der Waals surface area contributed by atoms with E-state index in [4.69, 9.17) is 4.74 Å². The number of carbonyl (C=O) groups excluding carboxylic acids is 1.